The highest BCUT2D eigenvalue weighted by Crippen LogP contribution is 2.22. The number of unbranched alkanes of at least 4 members (excludes halogenated alkanes) is 3. The molecule has 1 aromatic carbocycles. The van der Waals surface area contributed by atoms with Crippen molar-refractivity contribution in [1.82, 2.24) is 5.32 Å². The van der Waals surface area contributed by atoms with Crippen molar-refractivity contribution >= 4 is 17.5 Å². The molecule has 0 heterocycles. The van der Waals surface area contributed by atoms with Crippen LogP contribution in [0, 0.1) is 0 Å². The van der Waals surface area contributed by atoms with Gasteiger partial charge in [0.25, 0.3) is 11.8 Å². The molecule has 1 aromatic rings. The molecule has 0 fully saturated rings. The molecule has 0 spiro atoms. The number of ether oxygens (including phenoxy) is 1. The lowest BCUT2D eigenvalue weighted by molar-refractivity contribution is -0.119. The van der Waals surface area contributed by atoms with Gasteiger partial charge in [0, 0.05) is 12.1 Å². The Balaban J connectivity index is 2.49. The predicted molar refractivity (Wildman–Crippen MR) is 82.0 cm³/mol. The second kappa shape index (κ2) is 8.84. The van der Waals surface area contributed by atoms with Crippen LogP contribution >= 0.6 is 0 Å². The van der Waals surface area contributed by atoms with Gasteiger partial charge in [0.15, 0.2) is 6.61 Å². The number of nitrogens with two attached hydrogens (primary N) is 2. The van der Waals surface area contributed by atoms with Gasteiger partial charge in [0.2, 0.25) is 0 Å². The topological polar surface area (TPSA) is 107 Å². The van der Waals surface area contributed by atoms with Crippen LogP contribution in [0.3, 0.4) is 0 Å². The molecule has 5 N–H and O–H groups in total. The predicted octanol–water partition coefficient (Wildman–Crippen LogP) is 1.44. The maximum absolute atomic E-state index is 11.9. The molecule has 0 saturated carbocycles. The number of anilines is 1. The van der Waals surface area contributed by atoms with Gasteiger partial charge in [-0.25, -0.2) is 0 Å². The third-order valence-electron chi connectivity index (χ3n) is 2.96. The summed E-state index contributed by atoms with van der Waals surface area (Å²) in [5.74, 6) is -0.406. The Morgan fingerprint density at radius 3 is 2.62 bits per heavy atom. The molecule has 6 heteroatoms. The van der Waals surface area contributed by atoms with Crippen molar-refractivity contribution in [2.24, 2.45) is 5.73 Å². The zero-order valence-corrected chi connectivity index (χ0v) is 12.4. The lowest BCUT2D eigenvalue weighted by Crippen LogP contribution is -2.24. The molecule has 0 aliphatic heterocycles. The second-order valence-electron chi connectivity index (χ2n) is 4.82. The molecule has 21 heavy (non-hydrogen) atoms. The van der Waals surface area contributed by atoms with E-state index >= 15 is 0 Å². The number of benzene rings is 1. The van der Waals surface area contributed by atoms with E-state index in [4.69, 9.17) is 16.2 Å². The zero-order chi connectivity index (χ0) is 15.7. The third kappa shape index (κ3) is 6.16. The highest BCUT2D eigenvalue weighted by Gasteiger charge is 2.09. The van der Waals surface area contributed by atoms with Gasteiger partial charge in [0.05, 0.1) is 5.69 Å². The van der Waals surface area contributed by atoms with E-state index in [0.717, 1.165) is 19.3 Å². The number of carbonyl (C=O) groups is 2. The fourth-order valence-electron chi connectivity index (χ4n) is 1.83. The van der Waals surface area contributed by atoms with Crippen molar-refractivity contribution in [1.29, 1.82) is 0 Å². The Morgan fingerprint density at radius 1 is 1.24 bits per heavy atom. The molecule has 0 saturated heterocycles. The minimum Gasteiger partial charge on any atom is -0.482 e. The largest absolute Gasteiger partial charge is 0.482 e. The van der Waals surface area contributed by atoms with Gasteiger partial charge >= 0.3 is 0 Å². The number of primary amides is 1. The highest BCUT2D eigenvalue weighted by atomic mass is 16.5. The van der Waals surface area contributed by atoms with Crippen LogP contribution < -0.4 is 21.5 Å². The van der Waals surface area contributed by atoms with Crippen LogP contribution in [0.4, 0.5) is 5.69 Å². The molecule has 0 aromatic heterocycles. The summed E-state index contributed by atoms with van der Waals surface area (Å²) in [6.45, 7) is 2.55. The lowest BCUT2D eigenvalue weighted by Gasteiger charge is -2.09. The van der Waals surface area contributed by atoms with Crippen molar-refractivity contribution in [3.05, 3.63) is 23.8 Å². The van der Waals surface area contributed by atoms with E-state index in [-0.39, 0.29) is 12.5 Å². The maximum Gasteiger partial charge on any atom is 0.255 e. The van der Waals surface area contributed by atoms with Crippen molar-refractivity contribution in [3.63, 3.8) is 0 Å². The van der Waals surface area contributed by atoms with Crippen LogP contribution in [0.2, 0.25) is 0 Å². The van der Waals surface area contributed by atoms with E-state index < -0.39 is 5.91 Å². The van der Waals surface area contributed by atoms with Crippen LogP contribution in [0.5, 0.6) is 5.75 Å². The Bertz CT molecular complexity index is 489. The number of amides is 2. The summed E-state index contributed by atoms with van der Waals surface area (Å²) >= 11 is 0. The van der Waals surface area contributed by atoms with Crippen LogP contribution in [-0.4, -0.2) is 25.0 Å². The van der Waals surface area contributed by atoms with Gasteiger partial charge in [-0.15, -0.1) is 0 Å². The molecule has 116 valence electrons. The first-order valence-corrected chi connectivity index (χ1v) is 7.13. The molecule has 0 atom stereocenters. The maximum atomic E-state index is 11.9. The van der Waals surface area contributed by atoms with Crippen molar-refractivity contribution in [3.8, 4) is 5.75 Å². The number of carbonyl (C=O) groups excluding carboxylic acids is 2. The second-order valence-corrected chi connectivity index (χ2v) is 4.82. The van der Waals surface area contributed by atoms with Gasteiger partial charge in [-0.1, -0.05) is 26.2 Å². The Morgan fingerprint density at radius 2 is 2.00 bits per heavy atom. The van der Waals surface area contributed by atoms with Gasteiger partial charge in [-0.3, -0.25) is 9.59 Å². The quantitative estimate of drug-likeness (QED) is 0.473. The van der Waals surface area contributed by atoms with Crippen molar-refractivity contribution < 1.29 is 14.3 Å². The minimum absolute atomic E-state index is 0.167. The smallest absolute Gasteiger partial charge is 0.255 e. The molecular weight excluding hydrogens is 270 g/mol. The molecule has 0 aliphatic rings. The van der Waals surface area contributed by atoms with E-state index in [1.165, 1.54) is 12.5 Å². The summed E-state index contributed by atoms with van der Waals surface area (Å²) in [4.78, 5) is 22.6. The van der Waals surface area contributed by atoms with E-state index in [0.29, 0.717) is 23.5 Å². The molecule has 2 amide bonds. The average Bonchev–Trinajstić information content (AvgIpc) is 2.45. The molecule has 0 aliphatic carbocycles. The first kappa shape index (κ1) is 16.8. The molecule has 0 bridgehead atoms. The highest BCUT2D eigenvalue weighted by molar-refractivity contribution is 5.95. The van der Waals surface area contributed by atoms with Crippen LogP contribution in [-0.2, 0) is 4.79 Å². The molecule has 0 unspecified atom stereocenters. The Kier molecular flexibility index (Phi) is 7.08. The average molecular weight is 293 g/mol. The standard InChI is InChI=1S/C15H23N3O3/c1-2-3-4-5-8-18-15(20)11-6-7-13(12(16)9-11)21-10-14(17)19/h6-7,9H,2-5,8,10,16H2,1H3,(H2,17,19)(H,18,20). The number of nitrogens with one attached hydrogen (secondary N) is 1. The Labute approximate surface area is 124 Å². The lowest BCUT2D eigenvalue weighted by atomic mass is 10.1. The van der Waals surface area contributed by atoms with Crippen molar-refractivity contribution in [2.45, 2.75) is 32.6 Å². The number of hydrogen-bond acceptors (Lipinski definition) is 4. The van der Waals surface area contributed by atoms with Gasteiger partial charge < -0.3 is 21.5 Å². The van der Waals surface area contributed by atoms with Gasteiger partial charge in [-0.05, 0) is 24.6 Å². The Hall–Kier alpha value is -2.24. The number of nitrogen functional groups attached to an aromatic ring is 1. The molecule has 0 radical (unpaired) electrons. The summed E-state index contributed by atoms with van der Waals surface area (Å²) in [5, 5.41) is 2.85. The number of hydrogen-bond donors (Lipinski definition) is 3. The summed E-state index contributed by atoms with van der Waals surface area (Å²) < 4.78 is 5.13. The summed E-state index contributed by atoms with van der Waals surface area (Å²) in [6.07, 6.45) is 4.42. The molecule has 1 rings (SSSR count). The minimum atomic E-state index is -0.580. The van der Waals surface area contributed by atoms with Crippen LogP contribution in [0.1, 0.15) is 43.0 Å². The van der Waals surface area contributed by atoms with E-state index in [1.807, 2.05) is 0 Å². The fraction of sp³-hybridized carbons (Fsp3) is 0.467. The summed E-state index contributed by atoms with van der Waals surface area (Å²) in [7, 11) is 0. The fourth-order valence-corrected chi connectivity index (χ4v) is 1.83. The first-order chi connectivity index (χ1) is 10.0. The normalized spacial score (nSPS) is 10.1. The molecular formula is C15H23N3O3. The van der Waals surface area contributed by atoms with Crippen molar-refractivity contribution in [2.75, 3.05) is 18.9 Å². The van der Waals surface area contributed by atoms with Gasteiger partial charge in [-0.2, -0.15) is 0 Å². The number of rotatable bonds is 9. The molecule has 6 nitrogen and oxygen atoms in total. The van der Waals surface area contributed by atoms with Gasteiger partial charge in [0.1, 0.15) is 5.75 Å². The van der Waals surface area contributed by atoms with E-state index in [9.17, 15) is 9.59 Å². The summed E-state index contributed by atoms with van der Waals surface area (Å²) in [6, 6.07) is 4.69. The third-order valence-corrected chi connectivity index (χ3v) is 2.96. The van der Waals surface area contributed by atoms with E-state index in [2.05, 4.69) is 12.2 Å². The van der Waals surface area contributed by atoms with Crippen LogP contribution in [0.15, 0.2) is 18.2 Å². The monoisotopic (exact) mass is 293 g/mol. The zero-order valence-electron chi connectivity index (χ0n) is 12.4. The van der Waals surface area contributed by atoms with E-state index in [1.54, 1.807) is 12.1 Å². The summed E-state index contributed by atoms with van der Waals surface area (Å²) in [5.41, 5.74) is 11.5. The first-order valence-electron chi connectivity index (χ1n) is 7.13. The SMILES string of the molecule is CCCCCCNC(=O)c1ccc(OCC(N)=O)c(N)c1. The van der Waals surface area contributed by atoms with Crippen LogP contribution in [0.25, 0.3) is 0 Å².